The first-order valence-corrected chi connectivity index (χ1v) is 9.80. The maximum atomic E-state index is 13.3. The molecule has 0 saturated carbocycles. The molecule has 32 heavy (non-hydrogen) atoms. The molecule has 0 spiro atoms. The molecule has 0 aliphatic carbocycles. The second kappa shape index (κ2) is 8.74. The summed E-state index contributed by atoms with van der Waals surface area (Å²) in [5, 5.41) is 9.73. The highest BCUT2D eigenvalue weighted by Crippen LogP contribution is 2.50. The molecule has 1 heterocycles. The fourth-order valence-electron chi connectivity index (χ4n) is 3.85. The summed E-state index contributed by atoms with van der Waals surface area (Å²) in [5.74, 6) is -0.489. The van der Waals surface area contributed by atoms with E-state index < -0.39 is 35.5 Å². The summed E-state index contributed by atoms with van der Waals surface area (Å²) in [7, 11) is 1.34. The number of aryl methyl sites for hydroxylation is 1. The van der Waals surface area contributed by atoms with Crippen molar-refractivity contribution in [2.45, 2.75) is 43.3 Å². The molecule has 0 aromatic heterocycles. The van der Waals surface area contributed by atoms with Gasteiger partial charge in [-0.25, -0.2) is 0 Å². The van der Waals surface area contributed by atoms with E-state index in [1.165, 1.54) is 12.0 Å². The summed E-state index contributed by atoms with van der Waals surface area (Å²) in [6.07, 6.45) is -11.9. The van der Waals surface area contributed by atoms with Gasteiger partial charge in [-0.15, -0.1) is 0 Å². The zero-order chi connectivity index (χ0) is 23.7. The fourth-order valence-corrected chi connectivity index (χ4v) is 3.85. The highest BCUT2D eigenvalue weighted by molar-refractivity contribution is 5.98. The Morgan fingerprint density at radius 2 is 1.62 bits per heavy atom. The van der Waals surface area contributed by atoms with E-state index >= 15 is 0 Å². The summed E-state index contributed by atoms with van der Waals surface area (Å²) in [6, 6.07) is 10.8. The van der Waals surface area contributed by atoms with E-state index in [-0.39, 0.29) is 24.2 Å². The van der Waals surface area contributed by atoms with E-state index in [9.17, 15) is 36.2 Å². The van der Waals surface area contributed by atoms with E-state index in [1.807, 2.05) is 0 Å². The number of benzene rings is 2. The number of fused-ring (bicyclic) bond motifs is 1. The molecule has 1 aliphatic rings. The normalized spacial score (nSPS) is 16.3. The van der Waals surface area contributed by atoms with Crippen molar-refractivity contribution < 1.29 is 41.0 Å². The summed E-state index contributed by atoms with van der Waals surface area (Å²) >= 11 is 0. The van der Waals surface area contributed by atoms with Crippen LogP contribution in [0.2, 0.25) is 0 Å². The molecule has 10 heteroatoms. The molecule has 1 amide bonds. The molecular formula is C22H21F6NO3. The first-order valence-electron chi connectivity index (χ1n) is 9.80. The van der Waals surface area contributed by atoms with Gasteiger partial charge in [0.1, 0.15) is 0 Å². The minimum atomic E-state index is -5.98. The molecule has 0 saturated heterocycles. The smallest absolute Gasteiger partial charge is 0.369 e. The molecule has 1 N–H and O–H groups in total. The first-order chi connectivity index (χ1) is 14.9. The molecule has 2 aromatic carbocycles. The lowest BCUT2D eigenvalue weighted by Gasteiger charge is -2.33. The average Bonchev–Trinajstić information content (AvgIpc) is 2.94. The van der Waals surface area contributed by atoms with Gasteiger partial charge >= 0.3 is 12.4 Å². The third kappa shape index (κ3) is 4.21. The number of carbonyl (C=O) groups excluding carboxylic acids is 1. The molecule has 1 aliphatic heterocycles. The third-order valence-electron chi connectivity index (χ3n) is 5.51. The van der Waals surface area contributed by atoms with Gasteiger partial charge in [0.05, 0.1) is 0 Å². The topological polar surface area (TPSA) is 49.8 Å². The number of nitrogens with zero attached hydrogens (tertiary/aromatic N) is 1. The van der Waals surface area contributed by atoms with Crippen LogP contribution in [-0.4, -0.2) is 37.0 Å². The zero-order valence-corrected chi connectivity index (χ0v) is 17.0. The second-order valence-corrected chi connectivity index (χ2v) is 7.52. The molecule has 1 unspecified atom stereocenters. The number of carbonyl (C=O) groups is 1. The molecular weight excluding hydrogens is 440 g/mol. The fraction of sp³-hybridized carbons (Fsp3) is 0.409. The Morgan fingerprint density at radius 1 is 1.00 bits per heavy atom. The van der Waals surface area contributed by atoms with Crippen LogP contribution in [0.15, 0.2) is 48.5 Å². The van der Waals surface area contributed by atoms with Crippen LogP contribution in [0, 0.1) is 0 Å². The van der Waals surface area contributed by atoms with Crippen LogP contribution in [0.1, 0.15) is 35.6 Å². The van der Waals surface area contributed by atoms with Gasteiger partial charge in [0.25, 0.3) is 11.5 Å². The minimum absolute atomic E-state index is 0.114. The Balaban J connectivity index is 2.06. The zero-order valence-electron chi connectivity index (χ0n) is 17.0. The van der Waals surface area contributed by atoms with Gasteiger partial charge in [-0.05, 0) is 36.5 Å². The summed E-state index contributed by atoms with van der Waals surface area (Å²) in [5.41, 5.74) is -5.48. The Kier molecular flexibility index (Phi) is 6.57. The van der Waals surface area contributed by atoms with Crippen LogP contribution in [0.4, 0.5) is 32.0 Å². The number of anilines is 1. The van der Waals surface area contributed by atoms with Crippen LogP contribution >= 0.6 is 0 Å². The highest BCUT2D eigenvalue weighted by Gasteiger charge is 2.71. The van der Waals surface area contributed by atoms with E-state index in [0.717, 1.165) is 6.07 Å². The van der Waals surface area contributed by atoms with E-state index in [4.69, 9.17) is 4.74 Å². The Bertz CT molecular complexity index is 944. The van der Waals surface area contributed by atoms with Crippen molar-refractivity contribution in [2.24, 2.45) is 0 Å². The Labute approximate surface area is 180 Å². The average molecular weight is 461 g/mol. The van der Waals surface area contributed by atoms with Crippen molar-refractivity contribution in [2.75, 3.05) is 18.6 Å². The number of hydrogen-bond donors (Lipinski definition) is 1. The van der Waals surface area contributed by atoms with Gasteiger partial charge in [-0.2, -0.15) is 26.3 Å². The van der Waals surface area contributed by atoms with Crippen molar-refractivity contribution in [3.8, 4) is 0 Å². The van der Waals surface area contributed by atoms with Crippen LogP contribution in [0.25, 0.3) is 0 Å². The number of aliphatic hydroxyl groups is 1. The van der Waals surface area contributed by atoms with Gasteiger partial charge in [0.15, 0.2) is 6.10 Å². The summed E-state index contributed by atoms with van der Waals surface area (Å²) in [4.78, 5) is 14.6. The predicted octanol–water partition coefficient (Wildman–Crippen LogP) is 5.06. The molecule has 1 atom stereocenters. The quantitative estimate of drug-likeness (QED) is 0.648. The number of hydrogen-bond acceptors (Lipinski definition) is 3. The Morgan fingerprint density at radius 3 is 2.19 bits per heavy atom. The maximum absolute atomic E-state index is 13.3. The summed E-state index contributed by atoms with van der Waals surface area (Å²) < 4.78 is 85.1. The minimum Gasteiger partial charge on any atom is -0.369 e. The van der Waals surface area contributed by atoms with Crippen LogP contribution < -0.4 is 4.90 Å². The molecule has 0 bridgehead atoms. The van der Waals surface area contributed by atoms with E-state index in [0.29, 0.717) is 30.5 Å². The lowest BCUT2D eigenvalue weighted by atomic mass is 9.89. The van der Waals surface area contributed by atoms with Crippen molar-refractivity contribution >= 4 is 11.6 Å². The number of methoxy groups -OCH3 is 1. The molecule has 174 valence electrons. The summed E-state index contributed by atoms with van der Waals surface area (Å²) in [6.45, 7) is 0.223. The number of rotatable bonds is 4. The van der Waals surface area contributed by atoms with Crippen LogP contribution in [-0.2, 0) is 21.6 Å². The molecule has 0 fully saturated rings. The second-order valence-electron chi connectivity index (χ2n) is 7.52. The van der Waals surface area contributed by atoms with E-state index in [2.05, 4.69) is 0 Å². The van der Waals surface area contributed by atoms with Gasteiger partial charge in [-0.1, -0.05) is 42.5 Å². The number of alkyl halides is 6. The lowest BCUT2D eigenvalue weighted by Crippen LogP contribution is -2.54. The van der Waals surface area contributed by atoms with Crippen molar-refractivity contribution in [1.82, 2.24) is 0 Å². The SMILES string of the molecule is COC(C(=O)N1CCCCc2cc(C(O)(C(F)(F)F)C(F)(F)F)ccc21)c1ccccc1. The predicted molar refractivity (Wildman–Crippen MR) is 104 cm³/mol. The third-order valence-corrected chi connectivity index (χ3v) is 5.51. The number of halogens is 6. The van der Waals surface area contributed by atoms with E-state index in [1.54, 1.807) is 30.3 Å². The molecule has 3 rings (SSSR count). The monoisotopic (exact) mass is 461 g/mol. The van der Waals surface area contributed by atoms with Gasteiger partial charge in [0.2, 0.25) is 0 Å². The lowest BCUT2D eigenvalue weighted by molar-refractivity contribution is -0.376. The highest BCUT2D eigenvalue weighted by atomic mass is 19.4. The van der Waals surface area contributed by atoms with Crippen molar-refractivity contribution in [1.29, 1.82) is 0 Å². The van der Waals surface area contributed by atoms with Gasteiger partial charge in [0, 0.05) is 24.9 Å². The standard InChI is InChI=1S/C22H21F6NO3/c1-32-18(14-7-3-2-4-8-14)19(30)29-12-6-5-9-15-13-16(10-11-17(15)29)20(31,21(23,24)25)22(26,27)28/h2-4,7-8,10-11,13,18,31H,5-6,9,12H2,1H3. The first kappa shape index (κ1) is 24.1. The number of ether oxygens (including phenoxy) is 1. The maximum Gasteiger partial charge on any atom is 0.430 e. The van der Waals surface area contributed by atoms with Crippen LogP contribution in [0.5, 0.6) is 0 Å². The number of amides is 1. The molecule has 2 aromatic rings. The Hall–Kier alpha value is -2.59. The molecule has 4 nitrogen and oxygen atoms in total. The van der Waals surface area contributed by atoms with Crippen molar-refractivity contribution in [3.05, 3.63) is 65.2 Å². The van der Waals surface area contributed by atoms with Crippen molar-refractivity contribution in [3.63, 3.8) is 0 Å². The van der Waals surface area contributed by atoms with Crippen LogP contribution in [0.3, 0.4) is 0 Å². The van der Waals surface area contributed by atoms with Gasteiger partial charge in [-0.3, -0.25) is 4.79 Å². The largest absolute Gasteiger partial charge is 0.430 e. The van der Waals surface area contributed by atoms with Gasteiger partial charge < -0.3 is 14.7 Å². The molecule has 0 radical (unpaired) electrons.